The molecule has 0 heterocycles. The van der Waals surface area contributed by atoms with Gasteiger partial charge in [0, 0.05) is 18.7 Å². The number of methoxy groups -OCH3 is 1. The third-order valence-corrected chi connectivity index (χ3v) is 5.21. The van der Waals surface area contributed by atoms with Crippen molar-refractivity contribution in [2.24, 2.45) is 5.92 Å². The topological polar surface area (TPSA) is 107 Å². The largest absolute Gasteiger partial charge is 0.468 e. The smallest absolute Gasteiger partial charge is 0.324 e. The molecule has 0 amide bonds. The van der Waals surface area contributed by atoms with E-state index in [0.29, 0.717) is 0 Å². The minimum atomic E-state index is -4.07. The average Bonchev–Trinajstić information content (AvgIpc) is 2.53. The number of ether oxygens (including phenoxy) is 1. The maximum atomic E-state index is 12.9. The summed E-state index contributed by atoms with van der Waals surface area (Å²) in [6.45, 7) is 6.82. The predicted molar refractivity (Wildman–Crippen MR) is 87.8 cm³/mol. The molecule has 0 aliphatic heterocycles. The molecule has 1 aromatic carbocycles. The zero-order valence-corrected chi connectivity index (χ0v) is 14.5. The van der Waals surface area contributed by atoms with Gasteiger partial charge in [0.25, 0.3) is 5.69 Å². The number of hydrogen-bond acceptors (Lipinski definition) is 6. The summed E-state index contributed by atoms with van der Waals surface area (Å²) in [6.07, 6.45) is 1.36. The second-order valence-corrected chi connectivity index (χ2v) is 7.22. The van der Waals surface area contributed by atoms with Gasteiger partial charge in [0.1, 0.15) is 6.04 Å². The van der Waals surface area contributed by atoms with Crippen LogP contribution >= 0.6 is 0 Å². The highest BCUT2D eigenvalue weighted by atomic mass is 32.2. The minimum absolute atomic E-state index is 0.0999. The lowest BCUT2D eigenvalue weighted by Gasteiger charge is -2.30. The summed E-state index contributed by atoms with van der Waals surface area (Å²) in [6, 6.07) is 3.44. The Morgan fingerprint density at radius 1 is 1.38 bits per heavy atom. The highest BCUT2D eigenvalue weighted by molar-refractivity contribution is 7.89. The van der Waals surface area contributed by atoms with Crippen LogP contribution < -0.4 is 0 Å². The molecule has 9 heteroatoms. The molecular weight excluding hydrogens is 336 g/mol. The number of sulfonamides is 1. The summed E-state index contributed by atoms with van der Waals surface area (Å²) in [5, 5.41) is 10.7. The molecule has 0 fully saturated rings. The number of esters is 1. The molecule has 0 spiro atoms. The number of carbonyl (C=O) groups excluding carboxylic acids is 1. The van der Waals surface area contributed by atoms with Crippen LogP contribution in [0.5, 0.6) is 0 Å². The zero-order chi connectivity index (χ0) is 18.5. The van der Waals surface area contributed by atoms with Gasteiger partial charge < -0.3 is 4.74 Å². The van der Waals surface area contributed by atoms with Gasteiger partial charge >= 0.3 is 5.97 Å². The quantitative estimate of drug-likeness (QED) is 0.305. The summed E-state index contributed by atoms with van der Waals surface area (Å²) >= 11 is 0. The molecule has 8 nitrogen and oxygen atoms in total. The first kappa shape index (κ1) is 19.8. The van der Waals surface area contributed by atoms with Crippen LogP contribution in [-0.4, -0.2) is 43.3 Å². The summed E-state index contributed by atoms with van der Waals surface area (Å²) < 4.78 is 31.4. The number of non-ortho nitro benzene ring substituents is 1. The lowest BCUT2D eigenvalue weighted by Crippen LogP contribution is -2.48. The molecule has 1 rings (SSSR count). The van der Waals surface area contributed by atoms with Crippen LogP contribution in [0.3, 0.4) is 0 Å². The monoisotopic (exact) mass is 356 g/mol. The molecule has 0 aromatic heterocycles. The number of nitro groups is 1. The van der Waals surface area contributed by atoms with E-state index in [9.17, 15) is 23.3 Å². The first-order valence-electron chi connectivity index (χ1n) is 7.11. The van der Waals surface area contributed by atoms with Crippen LogP contribution in [0.25, 0.3) is 0 Å². The van der Waals surface area contributed by atoms with E-state index in [-0.39, 0.29) is 23.0 Å². The van der Waals surface area contributed by atoms with Crippen molar-refractivity contribution < 1.29 is 22.9 Å². The van der Waals surface area contributed by atoms with E-state index in [1.807, 2.05) is 0 Å². The van der Waals surface area contributed by atoms with E-state index in [0.717, 1.165) is 28.6 Å². The Bertz CT molecular complexity index is 712. The number of benzene rings is 1. The average molecular weight is 356 g/mol. The molecule has 1 atom stereocenters. The standard InChI is InChI=1S/C15H20N2O6S/c1-5-10-16(14(11(2)3)15(18)23-4)24(21,22)13-8-6-12(7-9-13)17(19)20/h5-9,11,14H,1,10H2,2-4H3/t14-/m0/s1. The van der Waals surface area contributed by atoms with E-state index < -0.39 is 27.0 Å². The van der Waals surface area contributed by atoms with Gasteiger partial charge in [0.2, 0.25) is 10.0 Å². The Morgan fingerprint density at radius 3 is 2.29 bits per heavy atom. The van der Waals surface area contributed by atoms with Crippen molar-refractivity contribution >= 4 is 21.7 Å². The zero-order valence-electron chi connectivity index (χ0n) is 13.7. The molecular formula is C15H20N2O6S. The van der Waals surface area contributed by atoms with Crippen LogP contribution in [0.1, 0.15) is 13.8 Å². The van der Waals surface area contributed by atoms with E-state index in [4.69, 9.17) is 4.74 Å². The third-order valence-electron chi connectivity index (χ3n) is 3.35. The third kappa shape index (κ3) is 4.18. The normalized spacial score (nSPS) is 12.9. The fraction of sp³-hybridized carbons (Fsp3) is 0.400. The van der Waals surface area contributed by atoms with Gasteiger partial charge in [-0.2, -0.15) is 4.31 Å². The lowest BCUT2D eigenvalue weighted by molar-refractivity contribution is -0.384. The first-order chi connectivity index (χ1) is 11.2. The Labute approximate surface area is 140 Å². The van der Waals surface area contributed by atoms with Gasteiger partial charge in [0.15, 0.2) is 0 Å². The van der Waals surface area contributed by atoms with Crippen molar-refractivity contribution in [3.05, 3.63) is 47.0 Å². The summed E-state index contributed by atoms with van der Waals surface area (Å²) in [5.74, 6) is -1.03. The second kappa shape index (κ2) is 8.02. The van der Waals surface area contributed by atoms with Gasteiger partial charge in [-0.1, -0.05) is 19.9 Å². The highest BCUT2D eigenvalue weighted by Gasteiger charge is 2.38. The Balaban J connectivity index is 3.37. The van der Waals surface area contributed by atoms with Gasteiger partial charge in [-0.3, -0.25) is 14.9 Å². The molecule has 0 unspecified atom stereocenters. The highest BCUT2D eigenvalue weighted by Crippen LogP contribution is 2.24. The van der Waals surface area contributed by atoms with Crippen LogP contribution in [0.15, 0.2) is 41.8 Å². The van der Waals surface area contributed by atoms with Crippen molar-refractivity contribution in [2.75, 3.05) is 13.7 Å². The summed E-state index contributed by atoms with van der Waals surface area (Å²) in [7, 11) is -2.88. The van der Waals surface area contributed by atoms with Crippen molar-refractivity contribution in [2.45, 2.75) is 24.8 Å². The number of rotatable bonds is 8. The van der Waals surface area contributed by atoms with Crippen LogP contribution in [0, 0.1) is 16.0 Å². The van der Waals surface area contributed by atoms with Crippen molar-refractivity contribution in [1.29, 1.82) is 0 Å². The molecule has 132 valence electrons. The van der Waals surface area contributed by atoms with Crippen LogP contribution in [0.4, 0.5) is 5.69 Å². The lowest BCUT2D eigenvalue weighted by atomic mass is 10.0. The molecule has 0 aliphatic carbocycles. The Kier molecular flexibility index (Phi) is 6.61. The second-order valence-electron chi connectivity index (χ2n) is 5.33. The van der Waals surface area contributed by atoms with Crippen LogP contribution in [-0.2, 0) is 19.6 Å². The van der Waals surface area contributed by atoms with Crippen LogP contribution in [0.2, 0.25) is 0 Å². The predicted octanol–water partition coefficient (Wildman–Crippen LogP) is 1.97. The minimum Gasteiger partial charge on any atom is -0.468 e. The van der Waals surface area contributed by atoms with Crippen molar-refractivity contribution in [3.63, 3.8) is 0 Å². The Hall–Kier alpha value is -2.26. The van der Waals surface area contributed by atoms with Gasteiger partial charge in [-0.25, -0.2) is 8.42 Å². The van der Waals surface area contributed by atoms with Gasteiger partial charge in [-0.05, 0) is 18.1 Å². The van der Waals surface area contributed by atoms with E-state index in [1.54, 1.807) is 13.8 Å². The Morgan fingerprint density at radius 2 is 1.92 bits per heavy atom. The molecule has 1 aromatic rings. The molecule has 0 saturated carbocycles. The number of carbonyl (C=O) groups is 1. The van der Waals surface area contributed by atoms with E-state index >= 15 is 0 Å². The SMILES string of the molecule is C=CCN([C@H](C(=O)OC)C(C)C)S(=O)(=O)c1ccc([N+](=O)[O-])cc1. The number of nitrogens with zero attached hydrogens (tertiary/aromatic N) is 2. The summed E-state index contributed by atoms with van der Waals surface area (Å²) in [5.41, 5.74) is -0.224. The molecule has 0 N–H and O–H groups in total. The maximum Gasteiger partial charge on any atom is 0.324 e. The van der Waals surface area contributed by atoms with Crippen molar-refractivity contribution in [3.8, 4) is 0 Å². The molecule has 0 saturated heterocycles. The molecule has 24 heavy (non-hydrogen) atoms. The molecule has 0 radical (unpaired) electrons. The van der Waals surface area contributed by atoms with Gasteiger partial charge in [-0.15, -0.1) is 6.58 Å². The molecule has 0 bridgehead atoms. The van der Waals surface area contributed by atoms with E-state index in [1.165, 1.54) is 13.2 Å². The van der Waals surface area contributed by atoms with Crippen molar-refractivity contribution in [1.82, 2.24) is 4.31 Å². The van der Waals surface area contributed by atoms with Gasteiger partial charge in [0.05, 0.1) is 16.9 Å². The molecule has 0 aliphatic rings. The fourth-order valence-electron chi connectivity index (χ4n) is 2.21. The van der Waals surface area contributed by atoms with E-state index in [2.05, 4.69) is 6.58 Å². The number of nitro benzene ring substituents is 1. The summed E-state index contributed by atoms with van der Waals surface area (Å²) in [4.78, 5) is 22.0. The maximum absolute atomic E-state index is 12.9. The number of hydrogen-bond donors (Lipinski definition) is 0. The first-order valence-corrected chi connectivity index (χ1v) is 8.55. The fourth-order valence-corrected chi connectivity index (χ4v) is 3.89.